The number of hydrogen-bond donors (Lipinski definition) is 1. The zero-order valence-corrected chi connectivity index (χ0v) is 16.6. The van der Waals surface area contributed by atoms with Gasteiger partial charge in [-0.15, -0.1) is 11.3 Å². The molecule has 1 saturated heterocycles. The normalized spacial score (nSPS) is 24.9. The van der Waals surface area contributed by atoms with E-state index in [1.54, 1.807) is 11.3 Å². The van der Waals surface area contributed by atoms with E-state index in [-0.39, 0.29) is 11.9 Å². The molecule has 138 valence electrons. The highest BCUT2D eigenvalue weighted by molar-refractivity contribution is 7.15. The number of nitrogens with two attached hydrogens (primary N) is 1. The Kier molecular flexibility index (Phi) is 4.61. The van der Waals surface area contributed by atoms with Crippen molar-refractivity contribution in [2.45, 2.75) is 58.5 Å². The largest absolute Gasteiger partial charge is 0.330 e. The maximum Gasteiger partial charge on any atom is 0.274 e. The van der Waals surface area contributed by atoms with Gasteiger partial charge in [-0.05, 0) is 62.6 Å². The highest BCUT2D eigenvalue weighted by atomic mass is 32.1. The van der Waals surface area contributed by atoms with Crippen LogP contribution < -0.4 is 5.73 Å². The summed E-state index contributed by atoms with van der Waals surface area (Å²) in [6.07, 6.45) is 4.60. The zero-order valence-electron chi connectivity index (χ0n) is 15.8. The highest BCUT2D eigenvalue weighted by Crippen LogP contribution is 2.42. The second-order valence-electron chi connectivity index (χ2n) is 7.81. The lowest BCUT2D eigenvalue weighted by atomic mass is 10.0. The number of carbonyl (C=O) groups is 1. The molecule has 0 unspecified atom stereocenters. The Morgan fingerprint density at radius 1 is 1.27 bits per heavy atom. The van der Waals surface area contributed by atoms with Gasteiger partial charge in [0.05, 0.1) is 9.88 Å². The van der Waals surface area contributed by atoms with Crippen molar-refractivity contribution in [3.8, 4) is 10.4 Å². The Hall–Kier alpha value is -1.72. The van der Waals surface area contributed by atoms with E-state index in [0.29, 0.717) is 24.2 Å². The average Bonchev–Trinajstić information content (AvgIpc) is 3.30. The number of likely N-dealkylation sites (tertiary alicyclic amines) is 1. The lowest BCUT2D eigenvalue weighted by molar-refractivity contribution is 0.0660. The van der Waals surface area contributed by atoms with Gasteiger partial charge in [0.1, 0.15) is 5.69 Å². The van der Waals surface area contributed by atoms with Gasteiger partial charge < -0.3 is 10.6 Å². The van der Waals surface area contributed by atoms with E-state index >= 15 is 0 Å². The summed E-state index contributed by atoms with van der Waals surface area (Å²) in [4.78, 5) is 21.3. The molecule has 1 saturated carbocycles. The molecule has 1 aliphatic carbocycles. The van der Waals surface area contributed by atoms with Crippen LogP contribution in [-0.4, -0.2) is 34.4 Å². The fraction of sp³-hybridized carbons (Fsp3) is 0.524. The first kappa shape index (κ1) is 17.7. The number of amides is 1. The first-order valence-electron chi connectivity index (χ1n) is 9.57. The van der Waals surface area contributed by atoms with Gasteiger partial charge in [0.15, 0.2) is 0 Å². The van der Waals surface area contributed by atoms with Crippen molar-refractivity contribution in [1.29, 1.82) is 0 Å². The molecule has 2 fully saturated rings. The third-order valence-corrected chi connectivity index (χ3v) is 7.18. The molecule has 1 aliphatic heterocycles. The summed E-state index contributed by atoms with van der Waals surface area (Å²) in [6, 6.07) is 6.91. The molecule has 3 atom stereocenters. The highest BCUT2D eigenvalue weighted by Gasteiger charge is 2.46. The van der Waals surface area contributed by atoms with E-state index in [1.165, 1.54) is 24.0 Å². The van der Waals surface area contributed by atoms with Crippen LogP contribution in [0.4, 0.5) is 0 Å². The number of carbonyl (C=O) groups excluding carboxylic acids is 1. The van der Waals surface area contributed by atoms with Crippen molar-refractivity contribution in [2.75, 3.05) is 6.54 Å². The first-order valence-corrected chi connectivity index (χ1v) is 10.4. The van der Waals surface area contributed by atoms with Gasteiger partial charge in [-0.3, -0.25) is 4.79 Å². The Balaban J connectivity index is 1.73. The molecule has 2 aromatic rings. The molecule has 1 amide bonds. The predicted octanol–water partition coefficient (Wildman–Crippen LogP) is 4.08. The Bertz CT molecular complexity index is 844. The van der Waals surface area contributed by atoms with Crippen molar-refractivity contribution in [1.82, 2.24) is 9.88 Å². The van der Waals surface area contributed by atoms with Crippen LogP contribution in [0.2, 0.25) is 0 Å². The van der Waals surface area contributed by atoms with Crippen molar-refractivity contribution in [2.24, 2.45) is 11.7 Å². The number of hydrogen-bond acceptors (Lipinski definition) is 4. The third kappa shape index (κ3) is 2.87. The quantitative estimate of drug-likeness (QED) is 0.887. The molecule has 2 heterocycles. The van der Waals surface area contributed by atoms with E-state index in [0.717, 1.165) is 28.3 Å². The Morgan fingerprint density at radius 3 is 2.81 bits per heavy atom. The summed E-state index contributed by atoms with van der Waals surface area (Å²) >= 11 is 1.61. The van der Waals surface area contributed by atoms with Gasteiger partial charge in [0, 0.05) is 18.6 Å². The molecule has 0 radical (unpaired) electrons. The molecule has 1 aromatic carbocycles. The van der Waals surface area contributed by atoms with Crippen molar-refractivity contribution in [3.05, 3.63) is 40.0 Å². The Labute approximate surface area is 159 Å². The van der Waals surface area contributed by atoms with Crippen molar-refractivity contribution < 1.29 is 4.79 Å². The van der Waals surface area contributed by atoms with Gasteiger partial charge in [-0.25, -0.2) is 4.98 Å². The molecule has 4 nitrogen and oxygen atoms in total. The van der Waals surface area contributed by atoms with E-state index in [1.807, 2.05) is 6.92 Å². The number of thiazole rings is 1. The molecule has 2 N–H and O–H groups in total. The number of nitrogens with zero attached hydrogens (tertiary/aromatic N) is 2. The topological polar surface area (TPSA) is 59.2 Å². The van der Waals surface area contributed by atoms with Crippen LogP contribution in [0.3, 0.4) is 0 Å². The summed E-state index contributed by atoms with van der Waals surface area (Å²) in [6.45, 7) is 6.75. The number of aromatic nitrogens is 1. The first-order chi connectivity index (χ1) is 12.5. The lowest BCUT2D eigenvalue weighted by Gasteiger charge is -2.29. The molecular weight excluding hydrogens is 342 g/mol. The summed E-state index contributed by atoms with van der Waals surface area (Å²) in [7, 11) is 0. The van der Waals surface area contributed by atoms with Crippen molar-refractivity contribution in [3.63, 3.8) is 0 Å². The van der Waals surface area contributed by atoms with Crippen LogP contribution in [0.25, 0.3) is 10.4 Å². The summed E-state index contributed by atoms with van der Waals surface area (Å²) in [5.74, 6) is 0.699. The predicted molar refractivity (Wildman–Crippen MR) is 107 cm³/mol. The number of benzene rings is 1. The third-order valence-electron chi connectivity index (χ3n) is 6.16. The van der Waals surface area contributed by atoms with Crippen LogP contribution in [0, 0.1) is 26.7 Å². The molecule has 4 rings (SSSR count). The van der Waals surface area contributed by atoms with Gasteiger partial charge in [0.2, 0.25) is 0 Å². The standard InChI is InChI=1S/C21H27N3OS/c1-12-7-8-16(9-13(12)2)20-19(23-14(3)26-20)21(25)24-17(11-22)10-15-5-4-6-18(15)24/h7-9,15,17-18H,4-6,10-11,22H2,1-3H3/t15-,17-,18-/m0/s1. The average molecular weight is 370 g/mol. The van der Waals surface area contributed by atoms with Crippen LogP contribution in [0.1, 0.15) is 52.3 Å². The maximum absolute atomic E-state index is 13.5. The SMILES string of the molecule is Cc1nc(C(=O)N2[C@H](CN)C[C@@H]3CCC[C@@H]32)c(-c2ccc(C)c(C)c2)s1. The summed E-state index contributed by atoms with van der Waals surface area (Å²) < 4.78 is 0. The van der Waals surface area contributed by atoms with Crippen LogP contribution in [-0.2, 0) is 0 Å². The summed E-state index contributed by atoms with van der Waals surface area (Å²) in [5, 5.41) is 0.938. The van der Waals surface area contributed by atoms with E-state index in [9.17, 15) is 4.79 Å². The molecular formula is C21H27N3OS. The Morgan fingerprint density at radius 2 is 2.08 bits per heavy atom. The van der Waals surface area contributed by atoms with Gasteiger partial charge in [-0.2, -0.15) is 0 Å². The molecule has 1 aromatic heterocycles. The monoisotopic (exact) mass is 369 g/mol. The van der Waals surface area contributed by atoms with Crippen LogP contribution in [0.5, 0.6) is 0 Å². The molecule has 0 bridgehead atoms. The van der Waals surface area contributed by atoms with Gasteiger partial charge >= 0.3 is 0 Å². The second-order valence-corrected chi connectivity index (χ2v) is 9.01. The smallest absolute Gasteiger partial charge is 0.274 e. The molecule has 5 heteroatoms. The maximum atomic E-state index is 13.5. The van der Waals surface area contributed by atoms with Crippen molar-refractivity contribution >= 4 is 17.2 Å². The number of aryl methyl sites for hydroxylation is 3. The minimum absolute atomic E-state index is 0.0763. The van der Waals surface area contributed by atoms with Crippen LogP contribution in [0.15, 0.2) is 18.2 Å². The molecule has 0 spiro atoms. The number of fused-ring (bicyclic) bond motifs is 1. The van der Waals surface area contributed by atoms with Gasteiger partial charge in [-0.1, -0.05) is 24.6 Å². The molecule has 26 heavy (non-hydrogen) atoms. The lowest BCUT2D eigenvalue weighted by Crippen LogP contribution is -2.44. The minimum atomic E-state index is 0.0763. The van der Waals surface area contributed by atoms with Gasteiger partial charge in [0.25, 0.3) is 5.91 Å². The van der Waals surface area contributed by atoms with Crippen LogP contribution >= 0.6 is 11.3 Å². The fourth-order valence-corrected chi connectivity index (χ4v) is 5.60. The number of rotatable bonds is 3. The fourth-order valence-electron chi connectivity index (χ4n) is 4.69. The van der Waals surface area contributed by atoms with E-state index in [4.69, 9.17) is 5.73 Å². The van der Waals surface area contributed by atoms with E-state index < -0.39 is 0 Å². The zero-order chi connectivity index (χ0) is 18.4. The second kappa shape index (κ2) is 6.78. The minimum Gasteiger partial charge on any atom is -0.330 e. The summed E-state index contributed by atoms with van der Waals surface area (Å²) in [5.41, 5.74) is 10.2. The molecule has 2 aliphatic rings. The van der Waals surface area contributed by atoms with E-state index in [2.05, 4.69) is 41.9 Å².